The molecule has 102 valence electrons. The molecule has 19 heavy (non-hydrogen) atoms. The molecule has 1 aromatic heterocycles. The molecule has 0 aliphatic rings. The van der Waals surface area contributed by atoms with Crippen molar-refractivity contribution >= 4 is 27.3 Å². The number of nitrogens with zero attached hydrogens (tertiary/aromatic N) is 2. The lowest BCUT2D eigenvalue weighted by molar-refractivity contribution is 0.564. The Labute approximate surface area is 126 Å². The summed E-state index contributed by atoms with van der Waals surface area (Å²) in [5.41, 5.74) is 2.35. The molecule has 3 nitrogen and oxygen atoms in total. The summed E-state index contributed by atoms with van der Waals surface area (Å²) in [6, 6.07) is 6.54. The molecule has 1 atom stereocenters. The molecule has 2 aromatic rings. The summed E-state index contributed by atoms with van der Waals surface area (Å²) in [4.78, 5) is 0. The third kappa shape index (κ3) is 3.61. The summed E-state index contributed by atoms with van der Waals surface area (Å²) < 4.78 is 1.12. The van der Waals surface area contributed by atoms with Crippen molar-refractivity contribution < 1.29 is 0 Å². The van der Waals surface area contributed by atoms with Crippen LogP contribution in [0.5, 0.6) is 0 Å². The monoisotopic (exact) mass is 339 g/mol. The van der Waals surface area contributed by atoms with Crippen LogP contribution < -0.4 is 5.32 Å². The Bertz CT molecular complexity index is 553. The van der Waals surface area contributed by atoms with Crippen molar-refractivity contribution in [3.8, 4) is 10.6 Å². The summed E-state index contributed by atoms with van der Waals surface area (Å²) in [5.74, 6) is 0. The van der Waals surface area contributed by atoms with Crippen LogP contribution in [0.25, 0.3) is 10.6 Å². The van der Waals surface area contributed by atoms with Gasteiger partial charge in [-0.2, -0.15) is 0 Å². The predicted molar refractivity (Wildman–Crippen MR) is 84.5 cm³/mol. The molecule has 1 N–H and O–H groups in total. The van der Waals surface area contributed by atoms with Gasteiger partial charge in [-0.1, -0.05) is 40.3 Å². The lowest BCUT2D eigenvalue weighted by Crippen LogP contribution is -2.18. The smallest absolute Gasteiger partial charge is 0.147 e. The normalized spacial score (nSPS) is 12.6. The maximum atomic E-state index is 4.30. The van der Waals surface area contributed by atoms with Crippen LogP contribution in [0.2, 0.25) is 0 Å². The molecule has 0 saturated heterocycles. The molecule has 2 rings (SSSR count). The SMILES string of the molecule is CCCNC(C)c1nnc(-c2ccc(Br)c(C)c2)s1. The number of hydrogen-bond donors (Lipinski definition) is 1. The Kier molecular flexibility index (Phi) is 5.07. The van der Waals surface area contributed by atoms with Gasteiger partial charge in [-0.05, 0) is 44.5 Å². The zero-order valence-corrected chi connectivity index (χ0v) is 13.8. The highest BCUT2D eigenvalue weighted by Gasteiger charge is 2.12. The van der Waals surface area contributed by atoms with Gasteiger partial charge < -0.3 is 5.32 Å². The summed E-state index contributed by atoms with van der Waals surface area (Å²) in [5, 5.41) is 14.1. The number of halogens is 1. The van der Waals surface area contributed by atoms with Crippen LogP contribution in [0.3, 0.4) is 0 Å². The topological polar surface area (TPSA) is 37.8 Å². The van der Waals surface area contributed by atoms with Crippen molar-refractivity contribution in [1.82, 2.24) is 15.5 Å². The highest BCUT2D eigenvalue weighted by Crippen LogP contribution is 2.29. The Morgan fingerprint density at radius 3 is 2.84 bits per heavy atom. The highest BCUT2D eigenvalue weighted by atomic mass is 79.9. The van der Waals surface area contributed by atoms with Gasteiger partial charge in [-0.3, -0.25) is 0 Å². The first-order valence-corrected chi connectivity index (χ1v) is 8.06. The summed E-state index contributed by atoms with van der Waals surface area (Å²) in [6.45, 7) is 7.39. The molecule has 0 aliphatic carbocycles. The molecule has 0 fully saturated rings. The number of aryl methyl sites for hydroxylation is 1. The Balaban J connectivity index is 2.18. The molecular weight excluding hydrogens is 322 g/mol. The van der Waals surface area contributed by atoms with Crippen LogP contribution in [-0.2, 0) is 0 Å². The van der Waals surface area contributed by atoms with Gasteiger partial charge in [0.1, 0.15) is 10.0 Å². The van der Waals surface area contributed by atoms with E-state index in [1.54, 1.807) is 11.3 Å². The minimum atomic E-state index is 0.266. The fraction of sp³-hybridized carbons (Fsp3) is 0.429. The summed E-state index contributed by atoms with van der Waals surface area (Å²) in [7, 11) is 0. The van der Waals surface area contributed by atoms with Gasteiger partial charge in [0.2, 0.25) is 0 Å². The van der Waals surface area contributed by atoms with E-state index in [2.05, 4.69) is 70.4 Å². The van der Waals surface area contributed by atoms with E-state index in [0.717, 1.165) is 33.0 Å². The first kappa shape index (κ1) is 14.6. The third-order valence-corrected chi connectivity index (χ3v) is 4.96. The van der Waals surface area contributed by atoms with Gasteiger partial charge >= 0.3 is 0 Å². The number of rotatable bonds is 5. The summed E-state index contributed by atoms with van der Waals surface area (Å²) >= 11 is 5.18. The van der Waals surface area contributed by atoms with E-state index < -0.39 is 0 Å². The minimum absolute atomic E-state index is 0.266. The maximum Gasteiger partial charge on any atom is 0.147 e. The standard InChI is InChI=1S/C14H18BrN3S/c1-4-7-16-10(3)13-17-18-14(19-13)11-5-6-12(15)9(2)8-11/h5-6,8,10,16H,4,7H2,1-3H3. The van der Waals surface area contributed by atoms with E-state index >= 15 is 0 Å². The molecule has 0 spiro atoms. The van der Waals surface area contributed by atoms with Crippen LogP contribution in [0, 0.1) is 6.92 Å². The Hall–Kier alpha value is -0.780. The van der Waals surface area contributed by atoms with Crippen molar-refractivity contribution in [3.63, 3.8) is 0 Å². The van der Waals surface area contributed by atoms with E-state index in [9.17, 15) is 0 Å². The number of nitrogens with one attached hydrogen (secondary N) is 1. The van der Waals surface area contributed by atoms with Gasteiger partial charge in [0, 0.05) is 10.0 Å². The van der Waals surface area contributed by atoms with Crippen LogP contribution in [0.4, 0.5) is 0 Å². The van der Waals surface area contributed by atoms with Gasteiger partial charge in [-0.25, -0.2) is 0 Å². The molecule has 0 saturated carbocycles. The van der Waals surface area contributed by atoms with Crippen molar-refractivity contribution in [3.05, 3.63) is 33.2 Å². The van der Waals surface area contributed by atoms with E-state index in [0.29, 0.717) is 0 Å². The van der Waals surface area contributed by atoms with Crippen LogP contribution in [-0.4, -0.2) is 16.7 Å². The molecule has 5 heteroatoms. The fourth-order valence-electron chi connectivity index (χ4n) is 1.75. The highest BCUT2D eigenvalue weighted by molar-refractivity contribution is 9.10. The van der Waals surface area contributed by atoms with E-state index in [1.807, 2.05) is 0 Å². The molecule has 0 aliphatic heterocycles. The molecule has 1 aromatic carbocycles. The molecule has 0 bridgehead atoms. The molecule has 1 heterocycles. The van der Waals surface area contributed by atoms with Crippen LogP contribution in [0.1, 0.15) is 36.9 Å². The number of benzene rings is 1. The van der Waals surface area contributed by atoms with Crippen molar-refractivity contribution in [2.24, 2.45) is 0 Å². The van der Waals surface area contributed by atoms with E-state index in [1.165, 1.54) is 5.56 Å². The first-order chi connectivity index (χ1) is 9.11. The van der Waals surface area contributed by atoms with Crippen molar-refractivity contribution in [1.29, 1.82) is 0 Å². The molecule has 0 radical (unpaired) electrons. The second-order valence-corrected chi connectivity index (χ2v) is 6.45. The van der Waals surface area contributed by atoms with E-state index in [4.69, 9.17) is 0 Å². The number of aromatic nitrogens is 2. The van der Waals surface area contributed by atoms with Gasteiger partial charge in [0.25, 0.3) is 0 Å². The van der Waals surface area contributed by atoms with Crippen LogP contribution in [0.15, 0.2) is 22.7 Å². The molecular formula is C14H18BrN3S. The largest absolute Gasteiger partial charge is 0.308 e. The van der Waals surface area contributed by atoms with Crippen molar-refractivity contribution in [2.45, 2.75) is 33.2 Å². The maximum absolute atomic E-state index is 4.30. The second kappa shape index (κ2) is 6.59. The second-order valence-electron chi connectivity index (χ2n) is 4.59. The lowest BCUT2D eigenvalue weighted by atomic mass is 10.1. The van der Waals surface area contributed by atoms with Gasteiger partial charge in [-0.15, -0.1) is 10.2 Å². The van der Waals surface area contributed by atoms with E-state index in [-0.39, 0.29) is 6.04 Å². The molecule has 1 unspecified atom stereocenters. The zero-order chi connectivity index (χ0) is 13.8. The average molecular weight is 340 g/mol. The van der Waals surface area contributed by atoms with Crippen LogP contribution >= 0.6 is 27.3 Å². The zero-order valence-electron chi connectivity index (χ0n) is 11.4. The first-order valence-electron chi connectivity index (χ1n) is 6.45. The Morgan fingerprint density at radius 1 is 1.37 bits per heavy atom. The third-order valence-electron chi connectivity index (χ3n) is 2.92. The average Bonchev–Trinajstić information content (AvgIpc) is 2.89. The van der Waals surface area contributed by atoms with Crippen molar-refractivity contribution in [2.75, 3.05) is 6.54 Å². The van der Waals surface area contributed by atoms with Gasteiger partial charge in [0.05, 0.1) is 6.04 Å². The van der Waals surface area contributed by atoms with Gasteiger partial charge in [0.15, 0.2) is 0 Å². The quantitative estimate of drug-likeness (QED) is 0.880. The predicted octanol–water partition coefficient (Wildman–Crippen LogP) is 4.34. The minimum Gasteiger partial charge on any atom is -0.308 e. The summed E-state index contributed by atoms with van der Waals surface area (Å²) in [6.07, 6.45) is 1.13. The number of hydrogen-bond acceptors (Lipinski definition) is 4. The Morgan fingerprint density at radius 2 is 2.16 bits per heavy atom. The fourth-order valence-corrected chi connectivity index (χ4v) is 2.87. The lowest BCUT2D eigenvalue weighted by Gasteiger charge is -2.08. The molecule has 0 amide bonds.